The van der Waals surface area contributed by atoms with Gasteiger partial charge < -0.3 is 14.6 Å². The number of hydrogen-bond donors (Lipinski definition) is 1. The van der Waals surface area contributed by atoms with Gasteiger partial charge >= 0.3 is 0 Å². The van der Waals surface area contributed by atoms with Crippen LogP contribution in [0.5, 0.6) is 0 Å². The molecule has 6 heteroatoms. The van der Waals surface area contributed by atoms with Crippen molar-refractivity contribution in [2.75, 3.05) is 0 Å². The van der Waals surface area contributed by atoms with E-state index in [0.29, 0.717) is 0 Å². The Morgan fingerprint density at radius 1 is 1.03 bits per heavy atom. The van der Waals surface area contributed by atoms with Gasteiger partial charge in [-0.1, -0.05) is 61.2 Å². The molecule has 0 saturated heterocycles. The van der Waals surface area contributed by atoms with Gasteiger partial charge in [0.05, 0.1) is 6.26 Å². The average molecular weight is 449 g/mol. The maximum absolute atomic E-state index is 13.7. The molecule has 1 N–H and O–H groups in total. The van der Waals surface area contributed by atoms with E-state index in [1.165, 1.54) is 29.7 Å². The minimum Gasteiger partial charge on any atom is -0.459 e. The smallest absolute Gasteiger partial charge is 0.290 e. The Balaban J connectivity index is 1.71. The molecule has 1 fully saturated rings. The van der Waals surface area contributed by atoms with Crippen LogP contribution in [0.25, 0.3) is 0 Å². The summed E-state index contributed by atoms with van der Waals surface area (Å²) in [4.78, 5) is 28.7. The average Bonchev–Trinajstić information content (AvgIpc) is 3.36. The van der Waals surface area contributed by atoms with Crippen molar-refractivity contribution in [2.24, 2.45) is 0 Å². The number of carbonyl (C=O) groups is 2. The first-order valence-electron chi connectivity index (χ1n) is 11.5. The Morgan fingerprint density at radius 2 is 1.73 bits per heavy atom. The minimum absolute atomic E-state index is 0.102. The summed E-state index contributed by atoms with van der Waals surface area (Å²) in [5, 5.41) is 3.18. The van der Waals surface area contributed by atoms with E-state index in [1.807, 2.05) is 31.2 Å². The van der Waals surface area contributed by atoms with E-state index in [9.17, 15) is 14.0 Å². The van der Waals surface area contributed by atoms with Crippen molar-refractivity contribution in [3.63, 3.8) is 0 Å². The quantitative estimate of drug-likeness (QED) is 0.515. The summed E-state index contributed by atoms with van der Waals surface area (Å²) < 4.78 is 18.9. The van der Waals surface area contributed by atoms with Gasteiger partial charge in [0.15, 0.2) is 5.76 Å². The fraction of sp³-hybridized carbons (Fsp3) is 0.333. The number of furan rings is 1. The Kier molecular flexibility index (Phi) is 7.23. The lowest BCUT2D eigenvalue weighted by molar-refractivity contribution is -0.127. The Hall–Kier alpha value is -3.41. The second-order valence-corrected chi connectivity index (χ2v) is 8.69. The molecular formula is C27H29FN2O3. The number of hydrogen-bond acceptors (Lipinski definition) is 3. The molecule has 1 aliphatic rings. The van der Waals surface area contributed by atoms with Gasteiger partial charge in [-0.3, -0.25) is 9.59 Å². The maximum atomic E-state index is 13.7. The normalized spacial score (nSPS) is 15.1. The lowest BCUT2D eigenvalue weighted by Gasteiger charge is -2.33. The fourth-order valence-corrected chi connectivity index (χ4v) is 4.36. The molecule has 2 amide bonds. The van der Waals surface area contributed by atoms with Crippen LogP contribution in [0.15, 0.2) is 71.3 Å². The summed E-state index contributed by atoms with van der Waals surface area (Å²) in [5.74, 6) is -0.811. The Bertz CT molecular complexity index is 1060. The maximum Gasteiger partial charge on any atom is 0.290 e. The molecule has 1 aromatic heterocycles. The molecule has 1 atom stereocenters. The van der Waals surface area contributed by atoms with Gasteiger partial charge in [0.2, 0.25) is 5.91 Å². The number of halogens is 1. The summed E-state index contributed by atoms with van der Waals surface area (Å²) in [7, 11) is 0. The molecule has 4 rings (SSSR count). The van der Waals surface area contributed by atoms with Crippen LogP contribution < -0.4 is 5.32 Å². The van der Waals surface area contributed by atoms with Crippen molar-refractivity contribution in [1.29, 1.82) is 0 Å². The highest BCUT2D eigenvalue weighted by Gasteiger charge is 2.34. The van der Waals surface area contributed by atoms with Crippen molar-refractivity contribution in [3.05, 3.63) is 95.2 Å². The number of nitrogens with one attached hydrogen (secondary N) is 1. The van der Waals surface area contributed by atoms with Gasteiger partial charge in [-0.2, -0.15) is 0 Å². The fourth-order valence-electron chi connectivity index (χ4n) is 4.36. The third-order valence-electron chi connectivity index (χ3n) is 6.16. The van der Waals surface area contributed by atoms with E-state index in [-0.39, 0.29) is 30.1 Å². The lowest BCUT2D eigenvalue weighted by atomic mass is 9.94. The van der Waals surface area contributed by atoms with E-state index >= 15 is 0 Å². The molecule has 3 aromatic rings. The van der Waals surface area contributed by atoms with Crippen LogP contribution in [0.3, 0.4) is 0 Å². The van der Waals surface area contributed by atoms with Crippen molar-refractivity contribution < 1.29 is 18.4 Å². The Morgan fingerprint density at radius 3 is 2.36 bits per heavy atom. The second kappa shape index (κ2) is 10.5. The van der Waals surface area contributed by atoms with E-state index in [0.717, 1.165) is 42.4 Å². The van der Waals surface area contributed by atoms with Gasteiger partial charge in [-0.25, -0.2) is 4.39 Å². The molecule has 2 aromatic carbocycles. The second-order valence-electron chi connectivity index (χ2n) is 8.69. The third kappa shape index (κ3) is 5.69. The van der Waals surface area contributed by atoms with Crippen LogP contribution in [-0.2, 0) is 11.3 Å². The predicted molar refractivity (Wildman–Crippen MR) is 124 cm³/mol. The molecule has 0 radical (unpaired) electrons. The topological polar surface area (TPSA) is 62.6 Å². The zero-order valence-corrected chi connectivity index (χ0v) is 18.8. The number of carbonyl (C=O) groups excluding carboxylic acids is 2. The van der Waals surface area contributed by atoms with Crippen LogP contribution in [0, 0.1) is 12.7 Å². The van der Waals surface area contributed by atoms with Crippen molar-refractivity contribution in [1.82, 2.24) is 10.2 Å². The molecule has 1 heterocycles. The number of nitrogens with zero attached hydrogens (tertiary/aromatic N) is 1. The molecule has 5 nitrogen and oxygen atoms in total. The van der Waals surface area contributed by atoms with E-state index in [4.69, 9.17) is 4.42 Å². The van der Waals surface area contributed by atoms with Crippen molar-refractivity contribution in [2.45, 2.75) is 57.7 Å². The zero-order valence-electron chi connectivity index (χ0n) is 18.8. The lowest BCUT2D eigenvalue weighted by Crippen LogP contribution is -2.46. The van der Waals surface area contributed by atoms with E-state index < -0.39 is 11.9 Å². The number of rotatable bonds is 7. The Labute approximate surface area is 193 Å². The van der Waals surface area contributed by atoms with Gasteiger partial charge in [0.1, 0.15) is 11.9 Å². The molecular weight excluding hydrogens is 419 g/mol. The number of aryl methyl sites for hydroxylation is 1. The highest BCUT2D eigenvalue weighted by molar-refractivity contribution is 5.96. The molecule has 0 bridgehead atoms. The van der Waals surface area contributed by atoms with Gasteiger partial charge in [-0.05, 0) is 55.2 Å². The van der Waals surface area contributed by atoms with Crippen LogP contribution in [0.4, 0.5) is 4.39 Å². The van der Waals surface area contributed by atoms with Gasteiger partial charge in [0.25, 0.3) is 5.91 Å². The molecule has 1 saturated carbocycles. The van der Waals surface area contributed by atoms with Crippen LogP contribution in [-0.4, -0.2) is 22.8 Å². The predicted octanol–water partition coefficient (Wildman–Crippen LogP) is 5.56. The molecule has 1 unspecified atom stereocenters. The van der Waals surface area contributed by atoms with Crippen LogP contribution in [0.1, 0.15) is 65.4 Å². The summed E-state index contributed by atoms with van der Waals surface area (Å²) in [6.07, 6.45) is 6.68. The standard InChI is InChI=1S/C27H29FN2O3/c1-19-9-13-21(14-10-19)25(26(31)29-23-6-3-2-4-7-23)30(27(32)24-8-5-17-33-24)18-20-11-15-22(28)16-12-20/h5,8-17,23,25H,2-4,6-7,18H2,1H3,(H,29,31). The number of benzene rings is 2. The number of amides is 2. The monoisotopic (exact) mass is 448 g/mol. The highest BCUT2D eigenvalue weighted by atomic mass is 19.1. The zero-order chi connectivity index (χ0) is 23.2. The summed E-state index contributed by atoms with van der Waals surface area (Å²) >= 11 is 0. The van der Waals surface area contributed by atoms with E-state index in [1.54, 1.807) is 24.3 Å². The first-order chi connectivity index (χ1) is 16.0. The first-order valence-corrected chi connectivity index (χ1v) is 11.5. The van der Waals surface area contributed by atoms with Crippen molar-refractivity contribution in [3.8, 4) is 0 Å². The SMILES string of the molecule is Cc1ccc(C(C(=O)NC2CCCCC2)N(Cc2ccc(F)cc2)C(=O)c2ccco2)cc1. The molecule has 0 aliphatic heterocycles. The van der Waals surface area contributed by atoms with Crippen molar-refractivity contribution >= 4 is 11.8 Å². The minimum atomic E-state index is -0.852. The largest absolute Gasteiger partial charge is 0.459 e. The molecule has 1 aliphatic carbocycles. The molecule has 0 spiro atoms. The van der Waals surface area contributed by atoms with Gasteiger partial charge in [-0.15, -0.1) is 0 Å². The molecule has 33 heavy (non-hydrogen) atoms. The van der Waals surface area contributed by atoms with Crippen LogP contribution in [0.2, 0.25) is 0 Å². The van der Waals surface area contributed by atoms with E-state index in [2.05, 4.69) is 5.32 Å². The summed E-state index contributed by atoms with van der Waals surface area (Å²) in [6.45, 7) is 2.11. The highest BCUT2D eigenvalue weighted by Crippen LogP contribution is 2.28. The third-order valence-corrected chi connectivity index (χ3v) is 6.16. The summed E-state index contributed by atoms with van der Waals surface area (Å²) in [6, 6.07) is 16.1. The summed E-state index contributed by atoms with van der Waals surface area (Å²) in [5.41, 5.74) is 2.50. The van der Waals surface area contributed by atoms with Gasteiger partial charge in [0, 0.05) is 12.6 Å². The molecule has 172 valence electrons. The van der Waals surface area contributed by atoms with Crippen LogP contribution >= 0.6 is 0 Å². The first kappa shape index (κ1) is 22.8.